The third-order valence-corrected chi connectivity index (χ3v) is 4.71. The molecule has 1 amide bonds. The third-order valence-electron chi connectivity index (χ3n) is 3.98. The second-order valence-electron chi connectivity index (χ2n) is 6.13. The summed E-state index contributed by atoms with van der Waals surface area (Å²) in [6.45, 7) is 4.41. The van der Waals surface area contributed by atoms with Gasteiger partial charge < -0.3 is 9.08 Å². The topological polar surface area (TPSA) is 63.7 Å². The molecule has 0 unspecified atom stereocenters. The van der Waals surface area contributed by atoms with Crippen LogP contribution in [0, 0.1) is 0 Å². The fraction of sp³-hybridized carbons (Fsp3) is 0.316. The van der Waals surface area contributed by atoms with Crippen LogP contribution in [0.25, 0.3) is 0 Å². The van der Waals surface area contributed by atoms with Crippen molar-refractivity contribution in [2.45, 2.75) is 32.9 Å². The molecule has 0 aromatic heterocycles. The Morgan fingerprint density at radius 3 is 2.38 bits per heavy atom. The summed E-state index contributed by atoms with van der Waals surface area (Å²) in [5.74, 6) is 0.144. The largest absolute Gasteiger partial charge is 0.383 e. The van der Waals surface area contributed by atoms with Gasteiger partial charge in [-0.05, 0) is 49.2 Å². The maximum atomic E-state index is 12.9. The highest BCUT2D eigenvalue weighted by Gasteiger charge is 2.21. The first-order chi connectivity index (χ1) is 12.2. The van der Waals surface area contributed by atoms with Crippen molar-refractivity contribution in [2.75, 3.05) is 6.26 Å². The summed E-state index contributed by atoms with van der Waals surface area (Å²) >= 11 is 6.00. The molecule has 5 nitrogen and oxygen atoms in total. The third kappa shape index (κ3) is 5.75. The van der Waals surface area contributed by atoms with E-state index in [0.29, 0.717) is 17.1 Å². The fourth-order valence-electron chi connectivity index (χ4n) is 2.46. The summed E-state index contributed by atoms with van der Waals surface area (Å²) in [6, 6.07) is 13.6. The van der Waals surface area contributed by atoms with E-state index in [9.17, 15) is 13.2 Å². The lowest BCUT2D eigenvalue weighted by atomic mass is 10.1. The molecule has 0 heterocycles. The Bertz CT molecular complexity index is 865. The van der Waals surface area contributed by atoms with Crippen LogP contribution in [0.3, 0.4) is 0 Å². The number of hydrogen-bond donors (Lipinski definition) is 0. The molecule has 0 radical (unpaired) electrons. The van der Waals surface area contributed by atoms with Gasteiger partial charge >= 0.3 is 10.1 Å². The molecule has 2 rings (SSSR count). The smallest absolute Gasteiger partial charge is 0.306 e. The summed E-state index contributed by atoms with van der Waals surface area (Å²) in [4.78, 5) is 14.7. The standard InChI is InChI=1S/C19H22ClNO4S/c1-4-14(2)21(19(22)16-6-5-7-17(20)12-16)13-15-8-10-18(11-9-15)25-26(3,23)24/h5-12,14H,4,13H2,1-3H3/t14-/m0/s1. The first-order valence-corrected chi connectivity index (χ1v) is 10.4. The van der Waals surface area contributed by atoms with Gasteiger partial charge in [-0.15, -0.1) is 0 Å². The van der Waals surface area contributed by atoms with Gasteiger partial charge in [0.05, 0.1) is 6.26 Å². The van der Waals surface area contributed by atoms with E-state index in [1.165, 1.54) is 0 Å². The highest BCUT2D eigenvalue weighted by molar-refractivity contribution is 7.86. The van der Waals surface area contributed by atoms with Crippen LogP contribution < -0.4 is 4.18 Å². The number of amides is 1. The van der Waals surface area contributed by atoms with Crippen LogP contribution in [-0.2, 0) is 16.7 Å². The van der Waals surface area contributed by atoms with E-state index >= 15 is 0 Å². The molecule has 140 valence electrons. The van der Waals surface area contributed by atoms with Gasteiger partial charge in [0.25, 0.3) is 5.91 Å². The monoisotopic (exact) mass is 395 g/mol. The van der Waals surface area contributed by atoms with Gasteiger partial charge in [0.2, 0.25) is 0 Å². The first kappa shape index (κ1) is 20.3. The van der Waals surface area contributed by atoms with Gasteiger partial charge in [0.15, 0.2) is 0 Å². The number of carbonyl (C=O) groups is 1. The van der Waals surface area contributed by atoms with E-state index in [2.05, 4.69) is 0 Å². The summed E-state index contributed by atoms with van der Waals surface area (Å²) in [5, 5.41) is 0.516. The highest BCUT2D eigenvalue weighted by Crippen LogP contribution is 2.20. The second-order valence-corrected chi connectivity index (χ2v) is 8.14. The molecule has 7 heteroatoms. The molecule has 0 saturated carbocycles. The van der Waals surface area contributed by atoms with E-state index in [1.54, 1.807) is 53.4 Å². The minimum atomic E-state index is -3.56. The summed E-state index contributed by atoms with van der Waals surface area (Å²) in [7, 11) is -3.56. The summed E-state index contributed by atoms with van der Waals surface area (Å²) in [6.07, 6.45) is 1.80. The highest BCUT2D eigenvalue weighted by atomic mass is 35.5. The van der Waals surface area contributed by atoms with E-state index in [1.807, 2.05) is 13.8 Å². The number of halogens is 1. The predicted molar refractivity (Wildman–Crippen MR) is 103 cm³/mol. The van der Waals surface area contributed by atoms with Crippen LogP contribution >= 0.6 is 11.6 Å². The van der Waals surface area contributed by atoms with Crippen LogP contribution in [0.2, 0.25) is 5.02 Å². The first-order valence-electron chi connectivity index (χ1n) is 8.24. The van der Waals surface area contributed by atoms with E-state index in [0.717, 1.165) is 18.2 Å². The summed E-state index contributed by atoms with van der Waals surface area (Å²) in [5.41, 5.74) is 1.41. The predicted octanol–water partition coefficient (Wildman–Crippen LogP) is 4.12. The average molecular weight is 396 g/mol. The van der Waals surface area contributed by atoms with Gasteiger partial charge in [0.1, 0.15) is 5.75 Å². The Balaban J connectivity index is 2.21. The molecule has 0 aliphatic heterocycles. The molecule has 26 heavy (non-hydrogen) atoms. The van der Waals surface area contributed by atoms with E-state index in [-0.39, 0.29) is 17.7 Å². The van der Waals surface area contributed by atoms with Crippen LogP contribution in [0.15, 0.2) is 48.5 Å². The second kappa shape index (κ2) is 8.56. The van der Waals surface area contributed by atoms with Crippen LogP contribution in [0.4, 0.5) is 0 Å². The van der Waals surface area contributed by atoms with Crippen LogP contribution in [-0.4, -0.2) is 31.5 Å². The SMILES string of the molecule is CC[C@H](C)N(Cc1ccc(OS(C)(=O)=O)cc1)C(=O)c1cccc(Cl)c1. The van der Waals surface area contributed by atoms with Crippen LogP contribution in [0.1, 0.15) is 36.2 Å². The maximum absolute atomic E-state index is 12.9. The lowest BCUT2D eigenvalue weighted by Crippen LogP contribution is -2.37. The van der Waals surface area contributed by atoms with E-state index < -0.39 is 10.1 Å². The Hall–Kier alpha value is -2.05. The van der Waals surface area contributed by atoms with Crippen molar-refractivity contribution < 1.29 is 17.4 Å². The number of rotatable bonds is 7. The minimum absolute atomic E-state index is 0.0356. The zero-order chi connectivity index (χ0) is 19.3. The molecular weight excluding hydrogens is 374 g/mol. The lowest BCUT2D eigenvalue weighted by molar-refractivity contribution is 0.0671. The molecule has 2 aromatic rings. The average Bonchev–Trinajstić information content (AvgIpc) is 2.58. The molecule has 0 saturated heterocycles. The maximum Gasteiger partial charge on any atom is 0.306 e. The van der Waals surface area contributed by atoms with Crippen molar-refractivity contribution in [3.63, 3.8) is 0 Å². The van der Waals surface area contributed by atoms with Crippen molar-refractivity contribution in [2.24, 2.45) is 0 Å². The molecule has 0 bridgehead atoms. The molecular formula is C19H22ClNO4S. The van der Waals surface area contributed by atoms with Gasteiger partial charge in [0, 0.05) is 23.2 Å². The van der Waals surface area contributed by atoms with Crippen molar-refractivity contribution in [1.82, 2.24) is 4.90 Å². The Morgan fingerprint density at radius 1 is 1.19 bits per heavy atom. The molecule has 0 fully saturated rings. The zero-order valence-electron chi connectivity index (χ0n) is 15.0. The molecule has 2 aromatic carbocycles. The van der Waals surface area contributed by atoms with Gasteiger partial charge in [-0.1, -0.05) is 36.7 Å². The molecule has 0 N–H and O–H groups in total. The number of carbonyl (C=O) groups excluding carboxylic acids is 1. The Morgan fingerprint density at radius 2 is 1.85 bits per heavy atom. The Labute approximate surface area is 159 Å². The quantitative estimate of drug-likeness (QED) is 0.661. The van der Waals surface area contributed by atoms with Crippen molar-refractivity contribution in [3.05, 3.63) is 64.7 Å². The summed E-state index contributed by atoms with van der Waals surface area (Å²) < 4.78 is 27.2. The fourth-order valence-corrected chi connectivity index (χ4v) is 3.11. The van der Waals surface area contributed by atoms with Gasteiger partial charge in [-0.3, -0.25) is 4.79 Å². The molecule has 1 atom stereocenters. The number of hydrogen-bond acceptors (Lipinski definition) is 4. The normalized spacial score (nSPS) is 12.5. The van der Waals surface area contributed by atoms with Crippen LogP contribution in [0.5, 0.6) is 5.75 Å². The lowest BCUT2D eigenvalue weighted by Gasteiger charge is -2.29. The molecule has 0 aliphatic rings. The molecule has 0 aliphatic carbocycles. The van der Waals surface area contributed by atoms with Crippen molar-refractivity contribution >= 4 is 27.6 Å². The molecule has 0 spiro atoms. The number of benzene rings is 2. The Kier molecular flexibility index (Phi) is 6.67. The zero-order valence-corrected chi connectivity index (χ0v) is 16.5. The minimum Gasteiger partial charge on any atom is -0.383 e. The van der Waals surface area contributed by atoms with Gasteiger partial charge in [-0.2, -0.15) is 8.42 Å². The van der Waals surface area contributed by atoms with Crippen molar-refractivity contribution in [3.8, 4) is 5.75 Å². The van der Waals surface area contributed by atoms with Crippen molar-refractivity contribution in [1.29, 1.82) is 0 Å². The van der Waals surface area contributed by atoms with Gasteiger partial charge in [-0.25, -0.2) is 0 Å². The van der Waals surface area contributed by atoms with E-state index in [4.69, 9.17) is 15.8 Å². The number of nitrogens with zero attached hydrogens (tertiary/aromatic N) is 1.